The number of halogens is 3. The molecule has 7 aromatic rings. The van der Waals surface area contributed by atoms with Crippen molar-refractivity contribution < 1.29 is 54.3 Å². The summed E-state index contributed by atoms with van der Waals surface area (Å²) >= 11 is 0. The fraction of sp³-hybridized carbons (Fsp3) is 0. The zero-order valence-corrected chi connectivity index (χ0v) is 31.0. The van der Waals surface area contributed by atoms with Gasteiger partial charge >= 0.3 is 17.1 Å². The van der Waals surface area contributed by atoms with Gasteiger partial charge in [-0.3, -0.25) is 0 Å². The van der Waals surface area contributed by atoms with Crippen LogP contribution in [0.25, 0.3) is 90.9 Å². The van der Waals surface area contributed by atoms with Crippen LogP contribution in [0, 0.1) is 0 Å². The SMILES string of the molecule is C1=Cc2nc1c(-c1ccccc1)c1ccc([nH]1)c(-c1ccccc1)c1nc(c(-c3ccccc3)c3ccc([nH]3)c2-c2ccccc2)C=C1.[Cl-].[Cl-].[Cl-].[Mn+3]. The van der Waals surface area contributed by atoms with Crippen LogP contribution in [-0.4, -0.2) is 19.9 Å². The van der Waals surface area contributed by atoms with Gasteiger partial charge in [0.25, 0.3) is 0 Å². The molecule has 0 amide bonds. The van der Waals surface area contributed by atoms with Crippen molar-refractivity contribution in [2.75, 3.05) is 0 Å². The zero-order chi connectivity index (χ0) is 31.9. The molecule has 0 aliphatic carbocycles. The number of rotatable bonds is 4. The van der Waals surface area contributed by atoms with Crippen molar-refractivity contribution in [1.29, 1.82) is 0 Å². The van der Waals surface area contributed by atoms with Crippen LogP contribution in [0.4, 0.5) is 0 Å². The quantitative estimate of drug-likeness (QED) is 0.270. The molecule has 2 aliphatic rings. The Labute approximate surface area is 331 Å². The molecule has 0 atom stereocenters. The first-order valence-electron chi connectivity index (χ1n) is 16.2. The molecular weight excluding hydrogens is 746 g/mol. The molecule has 52 heavy (non-hydrogen) atoms. The molecule has 0 spiro atoms. The number of hydrogen-bond acceptors (Lipinski definition) is 2. The van der Waals surface area contributed by atoms with E-state index in [9.17, 15) is 0 Å². The Kier molecular flexibility index (Phi) is 12.1. The number of H-pyrrole nitrogens is 2. The molecule has 3 aromatic heterocycles. The van der Waals surface area contributed by atoms with Crippen molar-refractivity contribution in [3.05, 3.63) is 168 Å². The van der Waals surface area contributed by atoms with Crippen LogP contribution in [0.15, 0.2) is 146 Å². The first-order chi connectivity index (χ1) is 23.8. The van der Waals surface area contributed by atoms with Gasteiger partial charge in [0.05, 0.1) is 22.8 Å². The number of nitrogens with one attached hydrogen (secondary N) is 2. The predicted molar refractivity (Wildman–Crippen MR) is 201 cm³/mol. The van der Waals surface area contributed by atoms with E-state index in [0.717, 1.165) is 89.4 Å². The van der Waals surface area contributed by atoms with E-state index in [-0.39, 0.29) is 54.3 Å². The smallest absolute Gasteiger partial charge is 1.00 e. The van der Waals surface area contributed by atoms with E-state index < -0.39 is 0 Å². The molecule has 5 heterocycles. The van der Waals surface area contributed by atoms with E-state index in [1.54, 1.807) is 0 Å². The second-order valence-corrected chi connectivity index (χ2v) is 12.0. The fourth-order valence-corrected chi connectivity index (χ4v) is 6.84. The third kappa shape index (κ3) is 7.03. The van der Waals surface area contributed by atoms with Crippen LogP contribution in [0.1, 0.15) is 22.8 Å². The van der Waals surface area contributed by atoms with E-state index in [1.807, 2.05) is 24.3 Å². The van der Waals surface area contributed by atoms with E-state index in [2.05, 4.69) is 156 Å². The fourth-order valence-electron chi connectivity index (χ4n) is 6.84. The summed E-state index contributed by atoms with van der Waals surface area (Å²) in [5, 5.41) is 0. The van der Waals surface area contributed by atoms with Gasteiger partial charge in [0.15, 0.2) is 0 Å². The molecule has 0 unspecified atom stereocenters. The summed E-state index contributed by atoms with van der Waals surface area (Å²) in [7, 11) is 0. The van der Waals surface area contributed by atoms with Crippen molar-refractivity contribution in [2.45, 2.75) is 0 Å². The molecule has 4 nitrogen and oxygen atoms in total. The molecular formula is C44H30Cl3MnN4. The van der Waals surface area contributed by atoms with Gasteiger partial charge in [0.1, 0.15) is 0 Å². The van der Waals surface area contributed by atoms with Gasteiger partial charge in [-0.15, -0.1) is 0 Å². The minimum atomic E-state index is 0. The Balaban J connectivity index is 0.00000131. The molecule has 2 aliphatic heterocycles. The number of fused-ring (bicyclic) bond motifs is 8. The molecule has 8 bridgehead atoms. The maximum Gasteiger partial charge on any atom is 3.00 e. The largest absolute Gasteiger partial charge is 3.00 e. The number of benzene rings is 4. The summed E-state index contributed by atoms with van der Waals surface area (Å²) in [6.07, 6.45) is 8.54. The molecule has 0 saturated heterocycles. The van der Waals surface area contributed by atoms with E-state index in [4.69, 9.17) is 9.97 Å². The monoisotopic (exact) mass is 774 g/mol. The number of hydrogen-bond donors (Lipinski definition) is 2. The Bertz CT molecular complexity index is 2200. The van der Waals surface area contributed by atoms with Gasteiger partial charge in [0, 0.05) is 44.3 Å². The molecule has 8 heteroatoms. The average Bonchev–Trinajstić information content (AvgIpc) is 3.98. The summed E-state index contributed by atoms with van der Waals surface area (Å²) in [5.74, 6) is 0. The second kappa shape index (κ2) is 16.5. The Morgan fingerprint density at radius 2 is 0.500 bits per heavy atom. The minimum absolute atomic E-state index is 0. The normalized spacial score (nSPS) is 11.1. The van der Waals surface area contributed by atoms with Crippen molar-refractivity contribution in [3.63, 3.8) is 0 Å². The first-order valence-corrected chi connectivity index (χ1v) is 16.2. The summed E-state index contributed by atoms with van der Waals surface area (Å²) < 4.78 is 0. The van der Waals surface area contributed by atoms with Crippen molar-refractivity contribution in [3.8, 4) is 44.5 Å². The summed E-state index contributed by atoms with van der Waals surface area (Å²) in [6.45, 7) is 0. The Hall–Kier alpha value is -5.13. The van der Waals surface area contributed by atoms with E-state index >= 15 is 0 Å². The van der Waals surface area contributed by atoms with Crippen LogP contribution in [0.5, 0.6) is 0 Å². The van der Waals surface area contributed by atoms with Gasteiger partial charge in [-0.2, -0.15) is 0 Å². The van der Waals surface area contributed by atoms with E-state index in [0.29, 0.717) is 0 Å². The standard InChI is InChI=1S/C44H30N4.3ClH.Mn/c1-5-13-29(14-6-1)41-33-21-23-35(45-33)42(30-15-7-2-8-16-30)37-25-27-39(47-37)44(32-19-11-4-12-20-32)40-28-26-38(48-40)43(31-17-9-3-10-18-31)36-24-22-34(41)46-36;;;;/h1-28,45,48H;3*1H;/q;;;;+3/p-3. The number of aromatic nitrogens is 4. The second-order valence-electron chi connectivity index (χ2n) is 12.0. The van der Waals surface area contributed by atoms with Gasteiger partial charge in [-0.05, 0) is 70.8 Å². The van der Waals surface area contributed by atoms with Gasteiger partial charge in [-0.25, -0.2) is 9.97 Å². The Morgan fingerprint density at radius 3 is 0.712 bits per heavy atom. The van der Waals surface area contributed by atoms with Crippen LogP contribution < -0.4 is 37.2 Å². The van der Waals surface area contributed by atoms with Crippen LogP contribution in [0.3, 0.4) is 0 Å². The van der Waals surface area contributed by atoms with Crippen molar-refractivity contribution >= 4 is 46.4 Å². The van der Waals surface area contributed by atoms with E-state index in [1.165, 1.54) is 0 Å². The van der Waals surface area contributed by atoms with Gasteiger partial charge < -0.3 is 47.2 Å². The molecule has 0 radical (unpaired) electrons. The van der Waals surface area contributed by atoms with Gasteiger partial charge in [0.2, 0.25) is 0 Å². The average molecular weight is 776 g/mol. The number of aromatic amines is 2. The Morgan fingerprint density at radius 1 is 0.288 bits per heavy atom. The summed E-state index contributed by atoms with van der Waals surface area (Å²) in [5.41, 5.74) is 16.2. The van der Waals surface area contributed by atoms with Crippen LogP contribution in [-0.2, 0) is 17.1 Å². The zero-order valence-electron chi connectivity index (χ0n) is 27.6. The summed E-state index contributed by atoms with van der Waals surface area (Å²) in [4.78, 5) is 18.3. The first kappa shape index (κ1) is 38.1. The predicted octanol–water partition coefficient (Wildman–Crippen LogP) is 2.33. The molecule has 2 N–H and O–H groups in total. The van der Waals surface area contributed by atoms with Crippen molar-refractivity contribution in [2.24, 2.45) is 0 Å². The maximum atomic E-state index is 5.35. The topological polar surface area (TPSA) is 57.4 Å². The molecule has 4 aromatic carbocycles. The number of nitrogens with zero attached hydrogens (tertiary/aromatic N) is 2. The third-order valence-electron chi connectivity index (χ3n) is 9.00. The molecule has 254 valence electrons. The molecule has 9 rings (SSSR count). The van der Waals surface area contributed by atoms with Crippen LogP contribution in [0.2, 0.25) is 0 Å². The molecule has 0 saturated carbocycles. The maximum absolute atomic E-state index is 5.35. The van der Waals surface area contributed by atoms with Crippen molar-refractivity contribution in [1.82, 2.24) is 19.9 Å². The van der Waals surface area contributed by atoms with Gasteiger partial charge in [-0.1, -0.05) is 121 Å². The third-order valence-corrected chi connectivity index (χ3v) is 9.00. The molecule has 0 fully saturated rings. The van der Waals surface area contributed by atoms with Crippen LogP contribution >= 0.6 is 0 Å². The minimum Gasteiger partial charge on any atom is -1.00 e. The summed E-state index contributed by atoms with van der Waals surface area (Å²) in [6, 6.07) is 50.7.